The number of carbonyl (C=O) groups is 2. The van der Waals surface area contributed by atoms with E-state index in [4.69, 9.17) is 0 Å². The lowest BCUT2D eigenvalue weighted by Crippen LogP contribution is -2.24. The second-order valence-corrected chi connectivity index (χ2v) is 8.17. The van der Waals surface area contributed by atoms with Crippen molar-refractivity contribution in [2.75, 3.05) is 5.43 Å². The summed E-state index contributed by atoms with van der Waals surface area (Å²) in [6.45, 7) is 3.70. The van der Waals surface area contributed by atoms with Gasteiger partial charge in [0.1, 0.15) is 5.75 Å². The maximum absolute atomic E-state index is 12.4. The Kier molecular flexibility index (Phi) is 6.73. The molecule has 2 amide bonds. The van der Waals surface area contributed by atoms with Gasteiger partial charge in [-0.2, -0.15) is 5.10 Å². The van der Waals surface area contributed by atoms with Crippen LogP contribution in [0.2, 0.25) is 0 Å². The molecule has 2 aromatic carbocycles. The third kappa shape index (κ3) is 4.80. The molecular formula is C21H18Br2N4O3. The summed E-state index contributed by atoms with van der Waals surface area (Å²) < 4.78 is 2.46. The van der Waals surface area contributed by atoms with Gasteiger partial charge in [0.15, 0.2) is 0 Å². The lowest BCUT2D eigenvalue weighted by Gasteiger charge is -2.11. The van der Waals surface area contributed by atoms with E-state index in [-0.39, 0.29) is 11.7 Å². The zero-order chi connectivity index (χ0) is 21.8. The number of amides is 2. The Balaban J connectivity index is 1.71. The molecule has 3 aromatic rings. The van der Waals surface area contributed by atoms with Gasteiger partial charge in [-0.25, -0.2) is 5.43 Å². The van der Waals surface area contributed by atoms with Crippen LogP contribution in [0.25, 0.3) is 0 Å². The molecule has 0 saturated heterocycles. The molecule has 0 aliphatic rings. The Morgan fingerprint density at radius 3 is 2.27 bits per heavy atom. The van der Waals surface area contributed by atoms with Crippen molar-refractivity contribution < 1.29 is 14.7 Å². The molecule has 0 aliphatic heterocycles. The summed E-state index contributed by atoms with van der Waals surface area (Å²) in [6.07, 6.45) is 1.51. The highest BCUT2D eigenvalue weighted by atomic mass is 79.9. The van der Waals surface area contributed by atoms with Crippen LogP contribution in [-0.2, 0) is 0 Å². The van der Waals surface area contributed by atoms with Gasteiger partial charge in [-0.05, 0) is 76.0 Å². The number of nitrogens with one attached hydrogen (secondary N) is 2. The average Bonchev–Trinajstić information content (AvgIpc) is 2.99. The Bertz CT molecular complexity index is 1120. The van der Waals surface area contributed by atoms with E-state index in [1.807, 2.05) is 26.0 Å². The van der Waals surface area contributed by atoms with Crippen molar-refractivity contribution >= 4 is 49.9 Å². The molecule has 0 fully saturated rings. The average molecular weight is 534 g/mol. The second kappa shape index (κ2) is 9.27. The Morgan fingerprint density at radius 2 is 1.63 bits per heavy atom. The minimum Gasteiger partial charge on any atom is -0.506 e. The van der Waals surface area contributed by atoms with Crippen LogP contribution in [-0.4, -0.2) is 27.8 Å². The third-order valence-corrected chi connectivity index (χ3v) is 5.58. The zero-order valence-corrected chi connectivity index (χ0v) is 19.3. The fourth-order valence-electron chi connectivity index (χ4n) is 2.77. The number of aromatic hydroxyl groups is 1. The summed E-state index contributed by atoms with van der Waals surface area (Å²) in [4.78, 5) is 24.7. The molecule has 3 rings (SSSR count). The van der Waals surface area contributed by atoms with E-state index in [0.29, 0.717) is 20.1 Å². The van der Waals surface area contributed by atoms with Crippen LogP contribution in [0.5, 0.6) is 5.75 Å². The summed E-state index contributed by atoms with van der Waals surface area (Å²) in [5, 5.41) is 13.8. The molecule has 0 aliphatic carbocycles. The van der Waals surface area contributed by atoms with Crippen molar-refractivity contribution in [3.05, 3.63) is 85.6 Å². The number of phenols is 1. The lowest BCUT2D eigenvalue weighted by atomic mass is 10.2. The number of aryl methyl sites for hydroxylation is 1. The number of benzene rings is 2. The molecule has 0 radical (unpaired) electrons. The number of hydrazone groups is 1. The minimum absolute atomic E-state index is 0.0139. The number of phenolic OH excluding ortho intramolecular Hbond substituents is 1. The standard InChI is InChI=1S/C21H18Br2N4O3/c1-12-8-16(13(2)27(12)26-21(30)14-6-4-3-5-7-14)11-24-25-20(29)15-9-17(22)19(28)18(23)10-15/h3-11,28H,1-2H3,(H,25,29)(H,26,30)/b24-11-. The highest BCUT2D eigenvalue weighted by molar-refractivity contribution is 9.11. The molecule has 1 aromatic heterocycles. The van der Waals surface area contributed by atoms with Gasteiger partial charge in [0.25, 0.3) is 11.8 Å². The van der Waals surface area contributed by atoms with E-state index in [9.17, 15) is 14.7 Å². The maximum atomic E-state index is 12.4. The highest BCUT2D eigenvalue weighted by Crippen LogP contribution is 2.33. The van der Waals surface area contributed by atoms with Gasteiger partial charge >= 0.3 is 0 Å². The topological polar surface area (TPSA) is 95.7 Å². The number of hydrogen-bond donors (Lipinski definition) is 3. The van der Waals surface area contributed by atoms with E-state index in [0.717, 1.165) is 17.0 Å². The molecule has 0 unspecified atom stereocenters. The van der Waals surface area contributed by atoms with Crippen LogP contribution in [0.15, 0.2) is 62.6 Å². The zero-order valence-electron chi connectivity index (χ0n) is 16.1. The Hall–Kier alpha value is -2.91. The van der Waals surface area contributed by atoms with Gasteiger partial charge < -0.3 is 5.11 Å². The number of rotatable bonds is 5. The van der Waals surface area contributed by atoms with Crippen molar-refractivity contribution in [2.45, 2.75) is 13.8 Å². The summed E-state index contributed by atoms with van der Waals surface area (Å²) >= 11 is 6.38. The van der Waals surface area contributed by atoms with E-state index in [1.54, 1.807) is 28.9 Å². The largest absolute Gasteiger partial charge is 0.506 e. The lowest BCUT2D eigenvalue weighted by molar-refractivity contribution is 0.0954. The van der Waals surface area contributed by atoms with Crippen molar-refractivity contribution in [1.29, 1.82) is 0 Å². The molecular weight excluding hydrogens is 516 g/mol. The van der Waals surface area contributed by atoms with Crippen LogP contribution >= 0.6 is 31.9 Å². The molecule has 1 heterocycles. The first-order valence-corrected chi connectivity index (χ1v) is 10.4. The monoisotopic (exact) mass is 532 g/mol. The smallest absolute Gasteiger partial charge is 0.271 e. The van der Waals surface area contributed by atoms with Crippen LogP contribution in [0.3, 0.4) is 0 Å². The number of halogens is 2. The quantitative estimate of drug-likeness (QED) is 0.333. The molecule has 0 spiro atoms. The third-order valence-electron chi connectivity index (χ3n) is 4.37. The van der Waals surface area contributed by atoms with E-state index >= 15 is 0 Å². The summed E-state index contributed by atoms with van der Waals surface area (Å²) in [7, 11) is 0. The van der Waals surface area contributed by atoms with Crippen LogP contribution in [0.4, 0.5) is 0 Å². The fraction of sp³-hybridized carbons (Fsp3) is 0.0952. The van der Waals surface area contributed by atoms with Crippen molar-refractivity contribution in [3.63, 3.8) is 0 Å². The van der Waals surface area contributed by atoms with E-state index in [1.165, 1.54) is 18.3 Å². The molecule has 0 saturated carbocycles. The first kappa shape index (κ1) is 21.8. The molecule has 9 heteroatoms. The predicted molar refractivity (Wildman–Crippen MR) is 123 cm³/mol. The number of hydrogen-bond acceptors (Lipinski definition) is 4. The second-order valence-electron chi connectivity index (χ2n) is 6.46. The van der Waals surface area contributed by atoms with Gasteiger partial charge in [-0.3, -0.25) is 19.7 Å². The number of aromatic nitrogens is 1. The van der Waals surface area contributed by atoms with Gasteiger partial charge in [-0.15, -0.1) is 0 Å². The first-order chi connectivity index (χ1) is 14.3. The van der Waals surface area contributed by atoms with Gasteiger partial charge in [-0.1, -0.05) is 18.2 Å². The van der Waals surface area contributed by atoms with Gasteiger partial charge in [0, 0.05) is 28.1 Å². The minimum atomic E-state index is -0.432. The molecule has 30 heavy (non-hydrogen) atoms. The van der Waals surface area contributed by atoms with E-state index in [2.05, 4.69) is 47.8 Å². The van der Waals surface area contributed by atoms with Crippen molar-refractivity contribution in [2.24, 2.45) is 5.10 Å². The molecule has 0 atom stereocenters. The van der Waals surface area contributed by atoms with Crippen LogP contribution in [0.1, 0.15) is 37.7 Å². The fourth-order valence-corrected chi connectivity index (χ4v) is 3.95. The summed E-state index contributed by atoms with van der Waals surface area (Å²) in [5.41, 5.74) is 8.51. The molecule has 0 bridgehead atoms. The number of carbonyl (C=O) groups excluding carboxylic acids is 2. The summed E-state index contributed by atoms with van der Waals surface area (Å²) in [6, 6.07) is 13.8. The Morgan fingerprint density at radius 1 is 1.00 bits per heavy atom. The molecule has 3 N–H and O–H groups in total. The van der Waals surface area contributed by atoms with E-state index < -0.39 is 5.91 Å². The molecule has 154 valence electrons. The predicted octanol–water partition coefficient (Wildman–Crippen LogP) is 4.48. The maximum Gasteiger partial charge on any atom is 0.271 e. The SMILES string of the molecule is Cc1cc(/C=N\NC(=O)c2cc(Br)c(O)c(Br)c2)c(C)n1NC(=O)c1ccccc1. The summed E-state index contributed by atoms with van der Waals surface area (Å²) in [5.74, 6) is -0.642. The van der Waals surface area contributed by atoms with Gasteiger partial charge in [0.2, 0.25) is 0 Å². The van der Waals surface area contributed by atoms with Crippen molar-refractivity contribution in [3.8, 4) is 5.75 Å². The first-order valence-electron chi connectivity index (χ1n) is 8.84. The van der Waals surface area contributed by atoms with Crippen LogP contribution in [0, 0.1) is 13.8 Å². The van der Waals surface area contributed by atoms with Crippen LogP contribution < -0.4 is 10.9 Å². The van der Waals surface area contributed by atoms with Crippen molar-refractivity contribution in [1.82, 2.24) is 10.1 Å². The number of nitrogens with zero attached hydrogens (tertiary/aromatic N) is 2. The molecule has 7 nitrogen and oxygen atoms in total. The highest BCUT2D eigenvalue weighted by Gasteiger charge is 2.13. The normalized spacial score (nSPS) is 10.9. The van der Waals surface area contributed by atoms with Gasteiger partial charge in [0.05, 0.1) is 15.2 Å². The Labute approximate surface area is 190 Å².